The zero-order valence-electron chi connectivity index (χ0n) is 32.7. The Balaban J connectivity index is 0.000000286. The molecule has 0 radical (unpaired) electrons. The van der Waals surface area contributed by atoms with Crippen LogP contribution in [0.4, 0.5) is 0 Å². The molecule has 0 aliphatic rings. The van der Waals surface area contributed by atoms with Crippen LogP contribution < -0.4 is 42.0 Å². The second-order valence-electron chi connectivity index (χ2n) is 13.3. The second-order valence-corrected chi connectivity index (χ2v) is 17.6. The molecular formula is C52H42O4P2Ru. The molecule has 0 bridgehead atoms. The van der Waals surface area contributed by atoms with Crippen LogP contribution in [-0.4, -0.2) is 11.9 Å². The molecule has 0 aliphatic heterocycles. The standard InChI is InChI=1S/C38H32P2.2C7H6O2.Ru/c1-29-17-15-27-35(39(31-19-7-3-8-20-31)32-21-9-4-10-22-32)37(29)38-30(2)18-16-28-36(38)40(33-23-11-5-12-24-33)34-25-13-6-14-26-34;2*8-7(9)6-4-2-1-3-5-6;/h3-28H,1-2H3;2*1-5H,(H,8,9);/q;;;+2/p-2. The number of carboxylic acids is 2. The molecule has 8 aromatic rings. The van der Waals surface area contributed by atoms with Crippen LogP contribution in [0.5, 0.6) is 0 Å². The van der Waals surface area contributed by atoms with Gasteiger partial charge < -0.3 is 19.8 Å². The van der Waals surface area contributed by atoms with Gasteiger partial charge in [0.2, 0.25) is 0 Å². The van der Waals surface area contributed by atoms with Gasteiger partial charge in [-0.2, -0.15) is 0 Å². The molecule has 0 saturated heterocycles. The van der Waals surface area contributed by atoms with Gasteiger partial charge in [-0.1, -0.05) is 218 Å². The van der Waals surface area contributed by atoms with Crippen LogP contribution >= 0.6 is 15.8 Å². The Morgan fingerprint density at radius 2 is 0.576 bits per heavy atom. The summed E-state index contributed by atoms with van der Waals surface area (Å²) in [4.78, 5) is 20.2. The third-order valence-electron chi connectivity index (χ3n) is 9.31. The maximum absolute atomic E-state index is 10.1. The van der Waals surface area contributed by atoms with Gasteiger partial charge in [0.1, 0.15) is 0 Å². The quantitative estimate of drug-likeness (QED) is 0.111. The van der Waals surface area contributed by atoms with Gasteiger partial charge in [-0.3, -0.25) is 0 Å². The smallest absolute Gasteiger partial charge is 0.545 e. The van der Waals surface area contributed by atoms with Gasteiger partial charge in [0.15, 0.2) is 0 Å². The minimum atomic E-state index is -1.13. The van der Waals surface area contributed by atoms with E-state index in [2.05, 4.69) is 172 Å². The first-order chi connectivity index (χ1) is 28.3. The number of carbonyl (C=O) groups is 2. The van der Waals surface area contributed by atoms with Crippen LogP contribution in [0.1, 0.15) is 31.8 Å². The molecule has 8 aromatic carbocycles. The van der Waals surface area contributed by atoms with E-state index in [4.69, 9.17) is 0 Å². The van der Waals surface area contributed by atoms with Gasteiger partial charge in [0.05, 0.1) is 11.9 Å². The molecule has 0 amide bonds. The molecule has 0 spiro atoms. The van der Waals surface area contributed by atoms with Crippen molar-refractivity contribution in [1.82, 2.24) is 0 Å². The van der Waals surface area contributed by atoms with E-state index < -0.39 is 27.8 Å². The van der Waals surface area contributed by atoms with Crippen LogP contribution in [0, 0.1) is 13.8 Å². The Morgan fingerprint density at radius 1 is 0.339 bits per heavy atom. The molecule has 0 saturated carbocycles. The first-order valence-electron chi connectivity index (χ1n) is 18.9. The number of benzene rings is 8. The van der Waals surface area contributed by atoms with Crippen molar-refractivity contribution in [2.75, 3.05) is 0 Å². The summed E-state index contributed by atoms with van der Waals surface area (Å²) in [6.07, 6.45) is 0. The van der Waals surface area contributed by atoms with Crippen molar-refractivity contribution in [3.8, 4) is 11.1 Å². The maximum atomic E-state index is 10.1. The molecule has 0 aromatic heterocycles. The number of hydrogen-bond acceptors (Lipinski definition) is 4. The van der Waals surface area contributed by atoms with Crippen LogP contribution in [0.25, 0.3) is 11.1 Å². The van der Waals surface area contributed by atoms with E-state index in [1.54, 1.807) is 36.4 Å². The summed E-state index contributed by atoms with van der Waals surface area (Å²) in [5.74, 6) is -2.26. The Morgan fingerprint density at radius 3 is 0.797 bits per heavy atom. The molecule has 0 N–H and O–H groups in total. The normalized spacial score (nSPS) is 10.3. The fourth-order valence-electron chi connectivity index (χ4n) is 6.64. The third kappa shape index (κ3) is 11.7. The summed E-state index contributed by atoms with van der Waals surface area (Å²) in [5.41, 5.74) is 5.85. The van der Waals surface area contributed by atoms with E-state index in [1.165, 1.54) is 78.3 Å². The van der Waals surface area contributed by atoms with Crippen LogP contribution in [-0.2, 0) is 19.5 Å². The predicted octanol–water partition coefficient (Wildman–Crippen LogP) is 7.58. The van der Waals surface area contributed by atoms with E-state index in [1.807, 2.05) is 0 Å². The van der Waals surface area contributed by atoms with Crippen LogP contribution in [0.15, 0.2) is 218 Å². The second kappa shape index (κ2) is 22.4. The van der Waals surface area contributed by atoms with Gasteiger partial charge in [-0.25, -0.2) is 0 Å². The van der Waals surface area contributed by atoms with Gasteiger partial charge in [0.25, 0.3) is 0 Å². The van der Waals surface area contributed by atoms with Crippen molar-refractivity contribution in [2.24, 2.45) is 0 Å². The zero-order valence-corrected chi connectivity index (χ0v) is 36.2. The average Bonchev–Trinajstić information content (AvgIpc) is 3.27. The van der Waals surface area contributed by atoms with Gasteiger partial charge >= 0.3 is 19.5 Å². The maximum Gasteiger partial charge on any atom is 2.00 e. The summed E-state index contributed by atoms with van der Waals surface area (Å²) in [6, 6.07) is 74.1. The zero-order chi connectivity index (χ0) is 40.7. The SMILES string of the molecule is Cc1cccc(P(c2ccccc2)c2ccccc2)c1-c1c(C)cccc1P(c1ccccc1)c1ccccc1.O=C([O-])c1ccccc1.O=C([O-])c1ccccc1.[Ru+2]. The number of aryl methyl sites for hydroxylation is 2. The topological polar surface area (TPSA) is 80.3 Å². The molecule has 4 nitrogen and oxygen atoms in total. The number of aromatic carboxylic acids is 2. The van der Waals surface area contributed by atoms with Crippen molar-refractivity contribution in [1.29, 1.82) is 0 Å². The summed E-state index contributed by atoms with van der Waals surface area (Å²) in [7, 11) is -1.50. The summed E-state index contributed by atoms with van der Waals surface area (Å²) < 4.78 is 0. The first-order valence-corrected chi connectivity index (χ1v) is 21.5. The summed E-state index contributed by atoms with van der Waals surface area (Å²) >= 11 is 0. The van der Waals surface area contributed by atoms with Crippen LogP contribution in [0.2, 0.25) is 0 Å². The number of carbonyl (C=O) groups excluding carboxylic acids is 2. The molecule has 292 valence electrons. The van der Waals surface area contributed by atoms with Crippen LogP contribution in [0.3, 0.4) is 0 Å². The first kappa shape index (κ1) is 44.3. The van der Waals surface area contributed by atoms with Crippen molar-refractivity contribution in [2.45, 2.75) is 13.8 Å². The van der Waals surface area contributed by atoms with Gasteiger partial charge in [0, 0.05) is 0 Å². The van der Waals surface area contributed by atoms with E-state index in [9.17, 15) is 19.8 Å². The fourth-order valence-corrected chi connectivity index (χ4v) is 11.7. The summed E-state index contributed by atoms with van der Waals surface area (Å²) in [5, 5.41) is 28.5. The number of hydrogen-bond donors (Lipinski definition) is 0. The molecule has 0 fully saturated rings. The molecule has 7 heteroatoms. The van der Waals surface area contributed by atoms with E-state index in [0.29, 0.717) is 0 Å². The van der Waals surface area contributed by atoms with Crippen molar-refractivity contribution in [3.63, 3.8) is 0 Å². The summed E-state index contributed by atoms with van der Waals surface area (Å²) in [6.45, 7) is 4.57. The molecule has 0 aliphatic carbocycles. The van der Waals surface area contributed by atoms with Crippen molar-refractivity contribution < 1.29 is 39.3 Å². The Hall–Kier alpha value is -5.82. The van der Waals surface area contributed by atoms with Gasteiger partial charge in [-0.05, 0) is 94.9 Å². The molecular weight excluding hydrogens is 852 g/mol. The average molecular weight is 894 g/mol. The molecule has 0 unspecified atom stereocenters. The Labute approximate surface area is 362 Å². The number of carboxylic acid groups (broad SMARTS) is 2. The fraction of sp³-hybridized carbons (Fsp3) is 0.0385. The minimum absolute atomic E-state index is 0. The van der Waals surface area contributed by atoms with E-state index in [-0.39, 0.29) is 30.6 Å². The van der Waals surface area contributed by atoms with Crippen molar-refractivity contribution in [3.05, 3.63) is 241 Å². The third-order valence-corrected chi connectivity index (χ3v) is 14.3. The number of rotatable bonds is 9. The largest absolute Gasteiger partial charge is 2.00 e. The minimum Gasteiger partial charge on any atom is -0.545 e. The molecule has 0 heterocycles. The predicted molar refractivity (Wildman–Crippen MR) is 240 cm³/mol. The Kier molecular flexibility index (Phi) is 16.8. The van der Waals surface area contributed by atoms with E-state index in [0.717, 1.165) is 0 Å². The monoisotopic (exact) mass is 894 g/mol. The van der Waals surface area contributed by atoms with E-state index >= 15 is 0 Å². The molecule has 59 heavy (non-hydrogen) atoms. The Bertz CT molecular complexity index is 2260. The molecule has 8 rings (SSSR count). The molecule has 0 atom stereocenters. The van der Waals surface area contributed by atoms with Crippen molar-refractivity contribution >= 4 is 59.6 Å². The van der Waals surface area contributed by atoms with Gasteiger partial charge in [-0.15, -0.1) is 0 Å².